The monoisotopic (exact) mass is 466 g/mol. The summed E-state index contributed by atoms with van der Waals surface area (Å²) in [5, 5.41) is 11.3. The molecule has 1 atom stereocenters. The number of hydrogen-bond donors (Lipinski definition) is 1. The number of benzene rings is 2. The summed E-state index contributed by atoms with van der Waals surface area (Å²) in [6, 6.07) is 10.9. The molecule has 6 nitrogen and oxygen atoms in total. The first-order valence-corrected chi connectivity index (χ1v) is 9.94. The van der Waals surface area contributed by atoms with Crippen molar-refractivity contribution >= 4 is 49.2 Å². The Labute approximate surface area is 163 Å². The maximum atomic E-state index is 12.6. The second-order valence-electron chi connectivity index (χ2n) is 5.23. The van der Waals surface area contributed by atoms with Crippen LogP contribution < -0.4 is 4.72 Å². The van der Waals surface area contributed by atoms with E-state index in [0.717, 1.165) is 5.56 Å². The van der Waals surface area contributed by atoms with Crippen molar-refractivity contribution in [3.8, 4) is 0 Å². The first-order valence-electron chi connectivity index (χ1n) is 6.91. The Balaban J connectivity index is 2.52. The molecule has 134 valence electrons. The number of halogens is 3. The third kappa shape index (κ3) is 4.51. The fourth-order valence-corrected chi connectivity index (χ4v) is 4.30. The average molecular weight is 468 g/mol. The van der Waals surface area contributed by atoms with Crippen LogP contribution in [0.25, 0.3) is 0 Å². The van der Waals surface area contributed by atoms with Crippen molar-refractivity contribution in [2.45, 2.75) is 22.3 Å². The van der Waals surface area contributed by atoms with E-state index in [-0.39, 0.29) is 10.5 Å². The van der Waals surface area contributed by atoms with Gasteiger partial charge in [-0.2, -0.15) is 4.72 Å². The largest absolute Gasteiger partial charge is 0.390 e. The summed E-state index contributed by atoms with van der Waals surface area (Å²) in [6.07, 6.45) is 0. The highest BCUT2D eigenvalue weighted by atomic mass is 79.9. The molecule has 0 spiro atoms. The van der Waals surface area contributed by atoms with E-state index in [4.69, 9.17) is 23.2 Å². The van der Waals surface area contributed by atoms with E-state index in [1.165, 1.54) is 18.2 Å². The molecule has 2 aromatic carbocycles. The van der Waals surface area contributed by atoms with Gasteiger partial charge in [0.15, 0.2) is 0 Å². The quantitative estimate of drug-likeness (QED) is 0.298. The van der Waals surface area contributed by atoms with Gasteiger partial charge in [-0.15, -0.1) is 0 Å². The fraction of sp³-hybridized carbons (Fsp3) is 0.200. The molecule has 0 amide bonds. The van der Waals surface area contributed by atoms with E-state index < -0.39 is 25.4 Å². The number of rotatable bonds is 6. The minimum Gasteiger partial charge on any atom is -0.261 e. The molecule has 0 aliphatic carbocycles. The molecule has 0 bridgehead atoms. The number of aryl methyl sites for hydroxylation is 1. The normalized spacial score (nSPS) is 13.4. The Morgan fingerprint density at radius 1 is 1.16 bits per heavy atom. The van der Waals surface area contributed by atoms with E-state index in [9.17, 15) is 18.5 Å². The van der Waals surface area contributed by atoms with Crippen molar-refractivity contribution in [1.29, 1.82) is 0 Å². The summed E-state index contributed by atoms with van der Waals surface area (Å²) >= 11 is 15.0. The van der Waals surface area contributed by atoms with Crippen LogP contribution in [0.1, 0.15) is 17.2 Å². The van der Waals surface area contributed by atoms with E-state index in [0.29, 0.717) is 4.47 Å². The second-order valence-corrected chi connectivity index (χ2v) is 9.15. The number of nitro groups is 1. The Bertz CT molecular complexity index is 889. The van der Waals surface area contributed by atoms with Crippen LogP contribution in [0, 0.1) is 17.0 Å². The van der Waals surface area contributed by atoms with Crippen molar-refractivity contribution in [3.63, 3.8) is 0 Å². The van der Waals surface area contributed by atoms with Crippen LogP contribution in [0.5, 0.6) is 0 Å². The third-order valence-corrected chi connectivity index (χ3v) is 6.28. The molecule has 0 radical (unpaired) electrons. The third-order valence-electron chi connectivity index (χ3n) is 3.41. The molecule has 25 heavy (non-hydrogen) atoms. The summed E-state index contributed by atoms with van der Waals surface area (Å²) in [7, 11) is -4.10. The second kappa shape index (κ2) is 7.59. The van der Waals surface area contributed by atoms with Crippen LogP contribution in [0.3, 0.4) is 0 Å². The van der Waals surface area contributed by atoms with E-state index in [1.54, 1.807) is 30.3 Å². The highest BCUT2D eigenvalue weighted by Crippen LogP contribution is 2.40. The van der Waals surface area contributed by atoms with Crippen molar-refractivity contribution < 1.29 is 13.3 Å². The molecule has 2 rings (SSSR count). The summed E-state index contributed by atoms with van der Waals surface area (Å²) in [4.78, 5) is 10.3. The van der Waals surface area contributed by atoms with Crippen LogP contribution in [-0.2, 0) is 10.0 Å². The van der Waals surface area contributed by atoms with E-state index in [1.807, 2.05) is 6.92 Å². The zero-order chi connectivity index (χ0) is 18.8. The van der Waals surface area contributed by atoms with Gasteiger partial charge >= 0.3 is 4.46 Å². The van der Waals surface area contributed by atoms with Crippen molar-refractivity contribution in [3.05, 3.63) is 74.2 Å². The fourth-order valence-electron chi connectivity index (χ4n) is 2.08. The molecule has 0 saturated heterocycles. The summed E-state index contributed by atoms with van der Waals surface area (Å²) in [5.74, 6) is 0. The molecule has 0 aliphatic rings. The molecule has 0 fully saturated rings. The highest BCUT2D eigenvalue weighted by Gasteiger charge is 2.50. The Morgan fingerprint density at radius 2 is 1.72 bits per heavy atom. The van der Waals surface area contributed by atoms with Crippen LogP contribution in [-0.4, -0.2) is 17.8 Å². The number of alkyl halides is 2. The smallest absolute Gasteiger partial charge is 0.261 e. The van der Waals surface area contributed by atoms with Gasteiger partial charge in [0.05, 0.1) is 9.82 Å². The van der Waals surface area contributed by atoms with Gasteiger partial charge in [-0.05, 0) is 53.9 Å². The summed E-state index contributed by atoms with van der Waals surface area (Å²) < 4.78 is 25.3. The Kier molecular flexibility index (Phi) is 6.11. The van der Waals surface area contributed by atoms with Crippen LogP contribution >= 0.6 is 39.1 Å². The SMILES string of the molecule is Cc1ccc(S(=O)(=O)N[C@@H](c2ccccc2Br)C(Cl)(Cl)[N+](=O)[O-])cc1. The van der Waals surface area contributed by atoms with Gasteiger partial charge in [-0.1, -0.05) is 51.8 Å². The topological polar surface area (TPSA) is 89.3 Å². The predicted octanol–water partition coefficient (Wildman–Crippen LogP) is 4.19. The zero-order valence-electron chi connectivity index (χ0n) is 12.8. The van der Waals surface area contributed by atoms with Crippen LogP contribution in [0.15, 0.2) is 57.9 Å². The van der Waals surface area contributed by atoms with Gasteiger partial charge in [0.25, 0.3) is 0 Å². The molecule has 0 heterocycles. The Morgan fingerprint density at radius 3 is 2.24 bits per heavy atom. The number of nitrogens with one attached hydrogen (secondary N) is 1. The van der Waals surface area contributed by atoms with Crippen molar-refractivity contribution in [1.82, 2.24) is 4.72 Å². The van der Waals surface area contributed by atoms with Crippen LogP contribution in [0.4, 0.5) is 0 Å². The molecule has 0 saturated carbocycles. The van der Waals surface area contributed by atoms with Gasteiger partial charge in [0.1, 0.15) is 6.04 Å². The lowest BCUT2D eigenvalue weighted by Gasteiger charge is -2.24. The Hall–Kier alpha value is -1.19. The maximum Gasteiger partial charge on any atom is 0.390 e. The molecule has 0 aliphatic heterocycles. The van der Waals surface area contributed by atoms with Gasteiger partial charge in [-0.3, -0.25) is 10.1 Å². The predicted molar refractivity (Wildman–Crippen MR) is 99.8 cm³/mol. The zero-order valence-corrected chi connectivity index (χ0v) is 16.7. The van der Waals surface area contributed by atoms with Crippen molar-refractivity contribution in [2.24, 2.45) is 0 Å². The van der Waals surface area contributed by atoms with Gasteiger partial charge in [0.2, 0.25) is 10.0 Å². The van der Waals surface area contributed by atoms with E-state index >= 15 is 0 Å². The number of nitrogens with zero attached hydrogens (tertiary/aromatic N) is 1. The first-order chi connectivity index (χ1) is 11.6. The lowest BCUT2D eigenvalue weighted by Crippen LogP contribution is -2.44. The molecular formula is C15H13BrCl2N2O4S. The number of hydrogen-bond acceptors (Lipinski definition) is 4. The molecule has 1 N–H and O–H groups in total. The van der Waals surface area contributed by atoms with Gasteiger partial charge in [-0.25, -0.2) is 8.42 Å². The van der Waals surface area contributed by atoms with Crippen LogP contribution in [0.2, 0.25) is 0 Å². The summed E-state index contributed by atoms with van der Waals surface area (Å²) in [5.41, 5.74) is 1.11. The minimum absolute atomic E-state index is 0.0531. The highest BCUT2D eigenvalue weighted by molar-refractivity contribution is 9.10. The number of sulfonamides is 1. The molecule has 0 unspecified atom stereocenters. The standard InChI is InChI=1S/C15H13BrCl2N2O4S/c1-10-6-8-11(9-7-10)25(23,24)19-14(15(17,18)20(21)22)12-4-2-3-5-13(12)16/h2-9,14,19H,1H3/t14-/m0/s1. The van der Waals surface area contributed by atoms with Gasteiger partial charge < -0.3 is 0 Å². The average Bonchev–Trinajstić information content (AvgIpc) is 2.53. The van der Waals surface area contributed by atoms with Crippen molar-refractivity contribution in [2.75, 3.05) is 0 Å². The van der Waals surface area contributed by atoms with E-state index in [2.05, 4.69) is 20.7 Å². The lowest BCUT2D eigenvalue weighted by atomic mass is 10.1. The molecule has 2 aromatic rings. The molecule has 0 aromatic heterocycles. The minimum atomic E-state index is -4.10. The van der Waals surface area contributed by atoms with Gasteiger partial charge in [0, 0.05) is 4.47 Å². The molecule has 10 heteroatoms. The first kappa shape index (κ1) is 20.1. The maximum absolute atomic E-state index is 12.6. The lowest BCUT2D eigenvalue weighted by molar-refractivity contribution is -0.520. The molecular weight excluding hydrogens is 455 g/mol. The summed E-state index contributed by atoms with van der Waals surface area (Å²) in [6.45, 7) is 1.81.